The van der Waals surface area contributed by atoms with E-state index in [0.717, 1.165) is 5.69 Å². The molecule has 1 aromatic rings. The Bertz CT molecular complexity index is 598. The number of anilines is 1. The second kappa shape index (κ2) is 6.37. The van der Waals surface area contributed by atoms with Crippen LogP contribution in [0.2, 0.25) is 0 Å². The highest BCUT2D eigenvalue weighted by Crippen LogP contribution is 2.24. The van der Waals surface area contributed by atoms with E-state index < -0.39 is 0 Å². The Hall–Kier alpha value is -2.39. The average Bonchev–Trinajstić information content (AvgIpc) is 2.46. The zero-order valence-corrected chi connectivity index (χ0v) is 12.0. The smallest absolute Gasteiger partial charge is 0.231 e. The lowest BCUT2D eigenvalue weighted by Crippen LogP contribution is -2.49. The molecule has 21 heavy (non-hydrogen) atoms. The van der Waals surface area contributed by atoms with Gasteiger partial charge in [-0.05, 0) is 25.1 Å². The summed E-state index contributed by atoms with van der Waals surface area (Å²) in [5.41, 5.74) is 7.15. The first kappa shape index (κ1) is 15.0. The van der Waals surface area contributed by atoms with E-state index >= 15 is 0 Å². The Morgan fingerprint density at radius 1 is 1.29 bits per heavy atom. The van der Waals surface area contributed by atoms with E-state index in [0.29, 0.717) is 37.3 Å². The summed E-state index contributed by atoms with van der Waals surface area (Å²) in [6.07, 6.45) is 0. The Labute approximate surface area is 123 Å². The summed E-state index contributed by atoms with van der Waals surface area (Å²) < 4.78 is 0. The van der Waals surface area contributed by atoms with E-state index in [-0.39, 0.29) is 18.2 Å². The molecule has 110 valence electrons. The number of nitrogens with two attached hydrogens (primary N) is 1. The standard InChI is InChI=1S/C15H18N4O2/c1-11(20)13-3-2-12(9-16)8-14(13)19-6-4-18(5-7-19)10-15(17)21/h2-3,8H,4-7,10H2,1H3,(H2,17,21). The molecule has 0 bridgehead atoms. The third-order valence-corrected chi connectivity index (χ3v) is 3.60. The van der Waals surface area contributed by atoms with Crippen LogP contribution in [0.3, 0.4) is 0 Å². The summed E-state index contributed by atoms with van der Waals surface area (Å²) in [7, 11) is 0. The van der Waals surface area contributed by atoms with Gasteiger partial charge in [0.15, 0.2) is 5.78 Å². The monoisotopic (exact) mass is 286 g/mol. The number of benzene rings is 1. The van der Waals surface area contributed by atoms with E-state index in [1.54, 1.807) is 18.2 Å². The van der Waals surface area contributed by atoms with Crippen molar-refractivity contribution in [1.29, 1.82) is 5.26 Å². The van der Waals surface area contributed by atoms with Gasteiger partial charge < -0.3 is 10.6 Å². The van der Waals surface area contributed by atoms with Gasteiger partial charge in [0.05, 0.1) is 18.2 Å². The predicted molar refractivity (Wildman–Crippen MR) is 79.0 cm³/mol. The molecule has 1 heterocycles. The van der Waals surface area contributed by atoms with Crippen molar-refractivity contribution in [3.63, 3.8) is 0 Å². The van der Waals surface area contributed by atoms with Gasteiger partial charge in [-0.15, -0.1) is 0 Å². The van der Waals surface area contributed by atoms with Crippen molar-refractivity contribution in [2.75, 3.05) is 37.6 Å². The largest absolute Gasteiger partial charge is 0.369 e. The number of nitriles is 1. The lowest BCUT2D eigenvalue weighted by molar-refractivity contribution is -0.119. The fraction of sp³-hybridized carbons (Fsp3) is 0.400. The number of primary amides is 1. The Morgan fingerprint density at radius 2 is 1.95 bits per heavy atom. The summed E-state index contributed by atoms with van der Waals surface area (Å²) in [4.78, 5) is 26.7. The predicted octanol–water partition coefficient (Wildman–Crippen LogP) is 0.368. The minimum absolute atomic E-state index is 0.0194. The molecule has 1 amide bonds. The molecule has 0 unspecified atom stereocenters. The van der Waals surface area contributed by atoms with E-state index in [2.05, 4.69) is 11.0 Å². The summed E-state index contributed by atoms with van der Waals surface area (Å²) in [5, 5.41) is 9.02. The molecule has 6 nitrogen and oxygen atoms in total. The topological polar surface area (TPSA) is 90.4 Å². The molecule has 0 atom stereocenters. The van der Waals surface area contributed by atoms with E-state index in [1.165, 1.54) is 6.92 Å². The number of piperazine rings is 1. The molecule has 0 radical (unpaired) electrons. The number of rotatable bonds is 4. The average molecular weight is 286 g/mol. The molecule has 2 rings (SSSR count). The van der Waals surface area contributed by atoms with Crippen molar-refractivity contribution in [2.45, 2.75) is 6.92 Å². The zero-order valence-electron chi connectivity index (χ0n) is 12.0. The molecule has 2 N–H and O–H groups in total. The second-order valence-electron chi connectivity index (χ2n) is 5.13. The summed E-state index contributed by atoms with van der Waals surface area (Å²) in [6.45, 7) is 4.58. The Balaban J connectivity index is 2.17. The van der Waals surface area contributed by atoms with Gasteiger partial charge in [0, 0.05) is 37.4 Å². The lowest BCUT2D eigenvalue weighted by atomic mass is 10.0. The third kappa shape index (κ3) is 3.58. The van der Waals surface area contributed by atoms with Crippen molar-refractivity contribution in [2.24, 2.45) is 5.73 Å². The van der Waals surface area contributed by atoms with Crippen LogP contribution in [-0.2, 0) is 4.79 Å². The van der Waals surface area contributed by atoms with Gasteiger partial charge in [-0.2, -0.15) is 5.26 Å². The Kier molecular flexibility index (Phi) is 4.55. The highest BCUT2D eigenvalue weighted by Gasteiger charge is 2.21. The fourth-order valence-electron chi connectivity index (χ4n) is 2.53. The molecule has 1 aliphatic rings. The van der Waals surface area contributed by atoms with Crippen LogP contribution in [0.5, 0.6) is 0 Å². The number of hydrogen-bond donors (Lipinski definition) is 1. The molecule has 1 aliphatic heterocycles. The second-order valence-corrected chi connectivity index (χ2v) is 5.13. The quantitative estimate of drug-likeness (QED) is 0.807. The SMILES string of the molecule is CC(=O)c1ccc(C#N)cc1N1CCN(CC(N)=O)CC1. The minimum atomic E-state index is -0.334. The van der Waals surface area contributed by atoms with Crippen molar-refractivity contribution in [3.8, 4) is 6.07 Å². The Morgan fingerprint density at radius 3 is 2.48 bits per heavy atom. The van der Waals surface area contributed by atoms with Crippen LogP contribution in [0.25, 0.3) is 0 Å². The van der Waals surface area contributed by atoms with Crippen molar-refractivity contribution in [1.82, 2.24) is 4.90 Å². The van der Waals surface area contributed by atoms with E-state index in [9.17, 15) is 9.59 Å². The highest BCUT2D eigenvalue weighted by atomic mass is 16.1. The van der Waals surface area contributed by atoms with Gasteiger partial charge in [-0.3, -0.25) is 14.5 Å². The molecule has 0 saturated carbocycles. The molecule has 0 spiro atoms. The van der Waals surface area contributed by atoms with Crippen LogP contribution in [-0.4, -0.2) is 49.3 Å². The molecular formula is C15H18N4O2. The van der Waals surface area contributed by atoms with E-state index in [4.69, 9.17) is 11.0 Å². The molecule has 0 aromatic heterocycles. The number of Topliss-reactive ketones (excluding diaryl/α,β-unsaturated/α-hetero) is 1. The third-order valence-electron chi connectivity index (χ3n) is 3.60. The summed E-state index contributed by atoms with van der Waals surface area (Å²) in [6, 6.07) is 7.21. The van der Waals surface area contributed by atoms with Gasteiger partial charge in [0.1, 0.15) is 0 Å². The maximum Gasteiger partial charge on any atom is 0.231 e. The number of hydrogen-bond acceptors (Lipinski definition) is 5. The molecule has 1 aromatic carbocycles. The number of carbonyl (C=O) groups is 2. The zero-order chi connectivity index (χ0) is 15.4. The van der Waals surface area contributed by atoms with Crippen LogP contribution >= 0.6 is 0 Å². The van der Waals surface area contributed by atoms with Gasteiger partial charge in [0.2, 0.25) is 5.91 Å². The van der Waals surface area contributed by atoms with Gasteiger partial charge in [-0.1, -0.05) is 0 Å². The van der Waals surface area contributed by atoms with Crippen LogP contribution in [0.4, 0.5) is 5.69 Å². The first-order chi connectivity index (χ1) is 10.0. The van der Waals surface area contributed by atoms with Crippen molar-refractivity contribution in [3.05, 3.63) is 29.3 Å². The number of amides is 1. The maximum absolute atomic E-state index is 11.7. The van der Waals surface area contributed by atoms with Crippen LogP contribution in [0.1, 0.15) is 22.8 Å². The van der Waals surface area contributed by atoms with Crippen molar-refractivity contribution < 1.29 is 9.59 Å². The number of nitrogens with zero attached hydrogens (tertiary/aromatic N) is 3. The van der Waals surface area contributed by atoms with Crippen LogP contribution in [0.15, 0.2) is 18.2 Å². The molecule has 6 heteroatoms. The maximum atomic E-state index is 11.7. The highest BCUT2D eigenvalue weighted by molar-refractivity contribution is 6.00. The number of ketones is 1. The molecule has 0 aliphatic carbocycles. The van der Waals surface area contributed by atoms with Gasteiger partial charge in [-0.25, -0.2) is 0 Å². The minimum Gasteiger partial charge on any atom is -0.369 e. The molecule has 1 fully saturated rings. The first-order valence-electron chi connectivity index (χ1n) is 6.82. The lowest BCUT2D eigenvalue weighted by Gasteiger charge is -2.36. The van der Waals surface area contributed by atoms with Crippen molar-refractivity contribution >= 4 is 17.4 Å². The van der Waals surface area contributed by atoms with Crippen LogP contribution in [0, 0.1) is 11.3 Å². The molecule has 1 saturated heterocycles. The van der Waals surface area contributed by atoms with Gasteiger partial charge in [0.25, 0.3) is 0 Å². The normalized spacial score (nSPS) is 15.5. The first-order valence-corrected chi connectivity index (χ1v) is 6.82. The summed E-state index contributed by atoms with van der Waals surface area (Å²) in [5.74, 6) is -0.353. The summed E-state index contributed by atoms with van der Waals surface area (Å²) >= 11 is 0. The van der Waals surface area contributed by atoms with Gasteiger partial charge >= 0.3 is 0 Å². The fourth-order valence-corrected chi connectivity index (χ4v) is 2.53. The number of carbonyl (C=O) groups excluding carboxylic acids is 2. The van der Waals surface area contributed by atoms with Crippen LogP contribution < -0.4 is 10.6 Å². The van der Waals surface area contributed by atoms with E-state index in [1.807, 2.05) is 4.90 Å². The molecular weight excluding hydrogens is 268 g/mol.